The summed E-state index contributed by atoms with van der Waals surface area (Å²) in [4.78, 5) is 21.6. The van der Waals surface area contributed by atoms with Crippen molar-refractivity contribution in [3.8, 4) is 5.69 Å². The maximum atomic E-state index is 13.5. The summed E-state index contributed by atoms with van der Waals surface area (Å²) in [5, 5.41) is 5.55. The molecular weight excluding hydrogens is 399 g/mol. The van der Waals surface area contributed by atoms with Crippen molar-refractivity contribution in [3.05, 3.63) is 76.8 Å². The van der Waals surface area contributed by atoms with Gasteiger partial charge in [0.25, 0.3) is 5.91 Å². The topological polar surface area (TPSA) is 51.0 Å². The zero-order chi connectivity index (χ0) is 20.8. The number of hydrogen-bond acceptors (Lipinski definition) is 4. The number of pyridine rings is 1. The predicted molar refractivity (Wildman–Crippen MR) is 115 cm³/mol. The zero-order valence-corrected chi connectivity index (χ0v) is 17.6. The minimum absolute atomic E-state index is 0.0295. The second kappa shape index (κ2) is 7.32. The molecule has 3 aromatic heterocycles. The molecule has 0 aliphatic heterocycles. The minimum Gasteiger partial charge on any atom is -0.327 e. The largest absolute Gasteiger partial charge is 0.327 e. The number of amides is 1. The van der Waals surface area contributed by atoms with E-state index in [0.29, 0.717) is 4.88 Å². The van der Waals surface area contributed by atoms with E-state index in [1.165, 1.54) is 23.5 Å². The van der Waals surface area contributed by atoms with Gasteiger partial charge in [-0.25, -0.2) is 9.07 Å². The van der Waals surface area contributed by atoms with E-state index >= 15 is 0 Å². The molecule has 0 N–H and O–H groups in total. The maximum absolute atomic E-state index is 13.5. The van der Waals surface area contributed by atoms with Crippen LogP contribution >= 0.6 is 11.3 Å². The number of hydrogen-bond donors (Lipinski definition) is 0. The van der Waals surface area contributed by atoms with E-state index in [-0.39, 0.29) is 23.8 Å². The first-order valence-corrected chi connectivity index (χ1v) is 10.8. The van der Waals surface area contributed by atoms with Gasteiger partial charge in [0.15, 0.2) is 0 Å². The molecular formula is C23H21FN4OS. The van der Waals surface area contributed by atoms with E-state index < -0.39 is 0 Å². The van der Waals surface area contributed by atoms with Gasteiger partial charge in [-0.3, -0.25) is 9.78 Å². The molecule has 3 heterocycles. The molecule has 0 spiro atoms. The second-order valence-corrected chi connectivity index (χ2v) is 8.71. The van der Waals surface area contributed by atoms with Crippen LogP contribution in [0.4, 0.5) is 4.39 Å². The Kier molecular flexibility index (Phi) is 4.62. The van der Waals surface area contributed by atoms with Gasteiger partial charge in [0.2, 0.25) is 0 Å². The van der Waals surface area contributed by atoms with E-state index in [9.17, 15) is 9.18 Å². The number of carbonyl (C=O) groups excluding carboxylic acids is 1. The summed E-state index contributed by atoms with van der Waals surface area (Å²) in [7, 11) is 0. The molecule has 1 amide bonds. The molecule has 0 radical (unpaired) electrons. The van der Waals surface area contributed by atoms with Crippen LogP contribution in [-0.2, 0) is 0 Å². The number of aryl methyl sites for hydroxylation is 1. The van der Waals surface area contributed by atoms with Crippen LogP contribution in [0, 0.1) is 12.7 Å². The summed E-state index contributed by atoms with van der Waals surface area (Å²) in [5.74, 6) is -0.258. The molecule has 1 atom stereocenters. The lowest BCUT2D eigenvalue weighted by Crippen LogP contribution is -2.35. The third-order valence-corrected chi connectivity index (χ3v) is 6.63. The number of rotatable bonds is 5. The molecule has 5 nitrogen and oxygen atoms in total. The van der Waals surface area contributed by atoms with Gasteiger partial charge >= 0.3 is 0 Å². The maximum Gasteiger partial charge on any atom is 0.264 e. The summed E-state index contributed by atoms with van der Waals surface area (Å²) in [6, 6.07) is 14.1. The average molecular weight is 421 g/mol. The number of thiophene rings is 1. The Morgan fingerprint density at radius 1 is 1.23 bits per heavy atom. The van der Waals surface area contributed by atoms with Crippen molar-refractivity contribution in [1.29, 1.82) is 0 Å². The summed E-state index contributed by atoms with van der Waals surface area (Å²) >= 11 is 1.43. The van der Waals surface area contributed by atoms with Crippen molar-refractivity contribution in [2.75, 3.05) is 0 Å². The van der Waals surface area contributed by atoms with Crippen LogP contribution in [0.1, 0.15) is 46.9 Å². The van der Waals surface area contributed by atoms with E-state index in [1.54, 1.807) is 23.0 Å². The molecule has 1 aromatic carbocycles. The van der Waals surface area contributed by atoms with Gasteiger partial charge in [-0.1, -0.05) is 6.07 Å². The summed E-state index contributed by atoms with van der Waals surface area (Å²) in [6.45, 7) is 3.97. The standard InChI is InChI=1S/C23H21FN4OS/c1-14-19-13-21(30-23(19)28(26-14)18-8-6-16(24)7-9-18)22(29)27(17-10-11-17)15(2)20-5-3-4-12-25-20/h3-9,12-13,15,17H,10-11H2,1-2H3. The first-order valence-electron chi connectivity index (χ1n) is 10.0. The molecule has 1 fully saturated rings. The van der Waals surface area contributed by atoms with Crippen LogP contribution in [0.25, 0.3) is 15.9 Å². The highest BCUT2D eigenvalue weighted by Gasteiger charge is 2.38. The van der Waals surface area contributed by atoms with Crippen LogP contribution in [-0.4, -0.2) is 31.6 Å². The Hall–Kier alpha value is -3.06. The smallest absolute Gasteiger partial charge is 0.264 e. The van der Waals surface area contributed by atoms with Crippen molar-refractivity contribution in [2.45, 2.75) is 38.8 Å². The van der Waals surface area contributed by atoms with Gasteiger partial charge in [0.05, 0.1) is 28.0 Å². The van der Waals surface area contributed by atoms with Crippen LogP contribution in [0.2, 0.25) is 0 Å². The molecule has 4 aromatic rings. The van der Waals surface area contributed by atoms with Crippen LogP contribution in [0.5, 0.6) is 0 Å². The molecule has 7 heteroatoms. The molecule has 1 saturated carbocycles. The van der Waals surface area contributed by atoms with Crippen molar-refractivity contribution in [2.24, 2.45) is 0 Å². The van der Waals surface area contributed by atoms with Gasteiger partial charge in [-0.15, -0.1) is 11.3 Å². The van der Waals surface area contributed by atoms with Crippen LogP contribution in [0.3, 0.4) is 0 Å². The van der Waals surface area contributed by atoms with E-state index in [0.717, 1.165) is 40.1 Å². The van der Waals surface area contributed by atoms with Crippen molar-refractivity contribution in [1.82, 2.24) is 19.7 Å². The zero-order valence-electron chi connectivity index (χ0n) is 16.7. The second-order valence-electron chi connectivity index (χ2n) is 7.68. The molecule has 30 heavy (non-hydrogen) atoms. The number of benzene rings is 1. The number of carbonyl (C=O) groups is 1. The highest BCUT2D eigenvalue weighted by molar-refractivity contribution is 7.20. The third kappa shape index (κ3) is 3.29. The number of nitrogens with zero attached hydrogens (tertiary/aromatic N) is 4. The number of halogens is 1. The molecule has 1 unspecified atom stereocenters. The monoisotopic (exact) mass is 420 g/mol. The lowest BCUT2D eigenvalue weighted by atomic mass is 10.1. The minimum atomic E-state index is -0.287. The summed E-state index contributed by atoms with van der Waals surface area (Å²) in [6.07, 6.45) is 3.81. The molecule has 152 valence electrons. The Bertz CT molecular complexity index is 1210. The average Bonchev–Trinajstić information content (AvgIpc) is 3.41. The van der Waals surface area contributed by atoms with Crippen molar-refractivity contribution in [3.63, 3.8) is 0 Å². The van der Waals surface area contributed by atoms with Gasteiger partial charge in [-0.2, -0.15) is 5.10 Å². The highest BCUT2D eigenvalue weighted by Crippen LogP contribution is 2.38. The fourth-order valence-electron chi connectivity index (χ4n) is 3.81. The normalized spacial score (nSPS) is 14.8. The van der Waals surface area contributed by atoms with Crippen molar-refractivity contribution >= 4 is 27.5 Å². The van der Waals surface area contributed by atoms with Crippen LogP contribution < -0.4 is 0 Å². The Morgan fingerprint density at radius 3 is 2.67 bits per heavy atom. The Morgan fingerprint density at radius 2 is 2.00 bits per heavy atom. The Balaban J connectivity index is 1.53. The Labute approximate surface area is 177 Å². The molecule has 5 rings (SSSR count). The lowest BCUT2D eigenvalue weighted by molar-refractivity contribution is 0.0675. The summed E-state index contributed by atoms with van der Waals surface area (Å²) < 4.78 is 15.1. The first-order chi connectivity index (χ1) is 14.5. The number of fused-ring (bicyclic) bond motifs is 1. The van der Waals surface area contributed by atoms with Gasteiger partial charge in [0.1, 0.15) is 10.6 Å². The predicted octanol–water partition coefficient (Wildman–Crippen LogP) is 5.30. The first kappa shape index (κ1) is 18.9. The highest BCUT2D eigenvalue weighted by atomic mass is 32.1. The third-order valence-electron chi connectivity index (χ3n) is 5.53. The van der Waals surface area contributed by atoms with Gasteiger partial charge < -0.3 is 4.90 Å². The van der Waals surface area contributed by atoms with E-state index in [1.807, 2.05) is 43.0 Å². The molecule has 1 aliphatic carbocycles. The molecule has 1 aliphatic rings. The van der Waals surface area contributed by atoms with E-state index in [2.05, 4.69) is 10.1 Å². The quantitative estimate of drug-likeness (QED) is 0.440. The fourth-order valence-corrected chi connectivity index (χ4v) is 4.94. The summed E-state index contributed by atoms with van der Waals surface area (Å²) in [5.41, 5.74) is 2.52. The molecule has 0 bridgehead atoms. The van der Waals surface area contributed by atoms with Gasteiger partial charge in [-0.05, 0) is 69.2 Å². The lowest BCUT2D eigenvalue weighted by Gasteiger charge is -2.28. The SMILES string of the molecule is Cc1nn(-c2ccc(F)cc2)c2sc(C(=O)N(C3CC3)C(C)c3ccccn3)cc12. The van der Waals surface area contributed by atoms with Crippen molar-refractivity contribution < 1.29 is 9.18 Å². The van der Waals surface area contributed by atoms with Gasteiger partial charge in [0, 0.05) is 17.6 Å². The van der Waals surface area contributed by atoms with E-state index in [4.69, 9.17) is 0 Å². The van der Waals surface area contributed by atoms with Crippen LogP contribution in [0.15, 0.2) is 54.7 Å². The number of aromatic nitrogens is 3. The molecule has 0 saturated heterocycles. The fraction of sp³-hybridized carbons (Fsp3) is 0.261.